The Bertz CT molecular complexity index is 1380. The second-order valence-corrected chi connectivity index (χ2v) is 11.4. The average molecular weight is 543 g/mol. The van der Waals surface area contributed by atoms with E-state index in [4.69, 9.17) is 4.74 Å². The van der Waals surface area contributed by atoms with Crippen molar-refractivity contribution in [3.8, 4) is 10.8 Å². The van der Waals surface area contributed by atoms with Crippen molar-refractivity contribution in [1.82, 2.24) is 15.0 Å². The summed E-state index contributed by atoms with van der Waals surface area (Å²) in [5.74, 6) is -2.81. The number of Topliss-reactive ketones (excluding diaryl/α,β-unsaturated/α-hetero) is 2. The van der Waals surface area contributed by atoms with Gasteiger partial charge in [0.1, 0.15) is 39.4 Å². The molecule has 3 heterocycles. The Labute approximate surface area is 224 Å². The number of carbonyl (C=O) groups excluding carboxylic acids is 3. The number of benzene rings is 1. The second-order valence-electron chi connectivity index (χ2n) is 10.4. The summed E-state index contributed by atoms with van der Waals surface area (Å²) < 4.78 is 19.4. The summed E-state index contributed by atoms with van der Waals surface area (Å²) >= 11 is 1.14. The Morgan fingerprint density at radius 2 is 1.87 bits per heavy atom. The van der Waals surface area contributed by atoms with E-state index in [0.29, 0.717) is 15.6 Å². The van der Waals surface area contributed by atoms with Crippen LogP contribution in [0.3, 0.4) is 0 Å². The van der Waals surface area contributed by atoms with Crippen LogP contribution in [0.25, 0.3) is 5.00 Å². The van der Waals surface area contributed by atoms with Crippen molar-refractivity contribution in [1.29, 1.82) is 0 Å². The van der Waals surface area contributed by atoms with Gasteiger partial charge in [-0.15, -0.1) is 4.80 Å². The lowest BCUT2D eigenvalue weighted by Gasteiger charge is -2.39. The number of rotatable bonds is 9. The molecule has 9 nitrogen and oxygen atoms in total. The number of amides is 1. The first-order chi connectivity index (χ1) is 17.9. The molecule has 4 rings (SSSR count). The van der Waals surface area contributed by atoms with Crippen molar-refractivity contribution < 1.29 is 28.6 Å². The van der Waals surface area contributed by atoms with Crippen molar-refractivity contribution in [3.05, 3.63) is 53.1 Å². The van der Waals surface area contributed by atoms with E-state index in [0.717, 1.165) is 17.4 Å². The number of aliphatic hydroxyl groups is 1. The van der Waals surface area contributed by atoms with Crippen LogP contribution in [0.2, 0.25) is 0 Å². The van der Waals surface area contributed by atoms with Crippen LogP contribution in [0.1, 0.15) is 61.7 Å². The maximum atomic E-state index is 14.1. The van der Waals surface area contributed by atoms with Gasteiger partial charge in [0, 0.05) is 23.0 Å². The molecular weight excluding hydrogens is 511 g/mol. The standard InChI is InChI=1S/C27H31FN4O5S/c1-14(2)11-20(34)27(4,5)22-23(35)21-15(3)25(32-29-9-10-30-32)38-26(21)31(24(22)36)13-18(33)17-12-16(28)7-8-19(17)37-6/h7-10,12,14,18,22,33H,11,13H2,1-6H3/t18-,22?/m0/s1. The quantitative estimate of drug-likeness (QED) is 0.401. The maximum absolute atomic E-state index is 14.1. The lowest BCUT2D eigenvalue weighted by Crippen LogP contribution is -2.53. The molecule has 1 aliphatic heterocycles. The number of aromatic nitrogens is 3. The van der Waals surface area contributed by atoms with Gasteiger partial charge in [0.25, 0.3) is 0 Å². The fraction of sp³-hybridized carbons (Fsp3) is 0.444. The van der Waals surface area contributed by atoms with E-state index in [1.807, 2.05) is 13.8 Å². The van der Waals surface area contributed by atoms with E-state index in [-0.39, 0.29) is 41.5 Å². The topological polar surface area (TPSA) is 115 Å². The van der Waals surface area contributed by atoms with Crippen molar-refractivity contribution in [2.75, 3.05) is 18.6 Å². The first-order valence-electron chi connectivity index (χ1n) is 12.3. The van der Waals surface area contributed by atoms with Crippen LogP contribution in [0.4, 0.5) is 9.39 Å². The average Bonchev–Trinajstić information content (AvgIpc) is 3.49. The monoisotopic (exact) mass is 542 g/mol. The third-order valence-electron chi connectivity index (χ3n) is 6.91. The van der Waals surface area contributed by atoms with E-state index in [1.165, 1.54) is 41.3 Å². The van der Waals surface area contributed by atoms with Crippen LogP contribution in [0, 0.1) is 30.0 Å². The van der Waals surface area contributed by atoms with Gasteiger partial charge in [-0.25, -0.2) is 4.39 Å². The minimum atomic E-state index is -1.34. The van der Waals surface area contributed by atoms with Crippen LogP contribution in [0.15, 0.2) is 30.6 Å². The third-order valence-corrected chi connectivity index (χ3v) is 8.19. The largest absolute Gasteiger partial charge is 0.496 e. The van der Waals surface area contributed by atoms with Crippen LogP contribution < -0.4 is 9.64 Å². The SMILES string of the molecule is COc1ccc(F)cc1[C@@H](O)CN1C(=O)C(C(C)(C)C(=O)CC(C)C)C(=O)c2c1sc(-n1nccn1)c2C. The number of hydrogen-bond acceptors (Lipinski definition) is 8. The number of aliphatic hydroxyl groups excluding tert-OH is 1. The van der Waals surface area contributed by atoms with Gasteiger partial charge in [0.05, 0.1) is 31.6 Å². The highest BCUT2D eigenvalue weighted by molar-refractivity contribution is 7.19. The Hall–Kier alpha value is -3.44. The van der Waals surface area contributed by atoms with Crippen molar-refractivity contribution in [2.45, 2.75) is 47.1 Å². The Kier molecular flexibility index (Phi) is 7.53. The summed E-state index contributed by atoms with van der Waals surface area (Å²) in [6.45, 7) is 8.49. The predicted octanol–water partition coefficient (Wildman–Crippen LogP) is 4.31. The second kappa shape index (κ2) is 10.4. The maximum Gasteiger partial charge on any atom is 0.239 e. The Balaban J connectivity index is 1.84. The summed E-state index contributed by atoms with van der Waals surface area (Å²) in [5, 5.41) is 20.4. The molecule has 1 unspecified atom stereocenters. The van der Waals surface area contributed by atoms with Gasteiger partial charge in [-0.1, -0.05) is 39.0 Å². The van der Waals surface area contributed by atoms with Gasteiger partial charge in [0.15, 0.2) is 5.78 Å². The highest BCUT2D eigenvalue weighted by Crippen LogP contribution is 2.47. The Morgan fingerprint density at radius 3 is 2.47 bits per heavy atom. The molecular formula is C27H31FN4O5S. The smallest absolute Gasteiger partial charge is 0.239 e. The molecule has 0 radical (unpaired) electrons. The number of methoxy groups -OCH3 is 1. The number of β-amino-alcohol motifs (C(OH)–C–C–N with tert-alkyl or cyclic N) is 1. The highest BCUT2D eigenvalue weighted by Gasteiger charge is 2.52. The number of nitrogens with zero attached hydrogens (tertiary/aromatic N) is 4. The number of hydrogen-bond donors (Lipinski definition) is 1. The zero-order valence-corrected chi connectivity index (χ0v) is 23.0. The van der Waals surface area contributed by atoms with Crippen LogP contribution in [-0.4, -0.2) is 51.2 Å². The summed E-state index contributed by atoms with van der Waals surface area (Å²) in [6, 6.07) is 3.76. The summed E-state index contributed by atoms with van der Waals surface area (Å²) in [6.07, 6.45) is 1.87. The molecule has 0 aliphatic carbocycles. The summed E-state index contributed by atoms with van der Waals surface area (Å²) in [4.78, 5) is 43.9. The number of thiophene rings is 1. The molecule has 0 spiro atoms. The minimum Gasteiger partial charge on any atom is -0.496 e. The van der Waals surface area contributed by atoms with Gasteiger partial charge in [-0.05, 0) is 31.0 Å². The summed E-state index contributed by atoms with van der Waals surface area (Å²) in [5.41, 5.74) is -0.281. The zero-order chi connectivity index (χ0) is 27.9. The number of ether oxygens (including phenoxy) is 1. The lowest BCUT2D eigenvalue weighted by molar-refractivity contribution is -0.136. The molecule has 2 aromatic heterocycles. The van der Waals surface area contributed by atoms with E-state index >= 15 is 0 Å². The Morgan fingerprint density at radius 1 is 1.21 bits per heavy atom. The molecule has 0 bridgehead atoms. The van der Waals surface area contributed by atoms with E-state index in [9.17, 15) is 23.9 Å². The van der Waals surface area contributed by atoms with Gasteiger partial charge < -0.3 is 9.84 Å². The number of fused-ring (bicyclic) bond motifs is 1. The third kappa shape index (κ3) is 4.76. The van der Waals surface area contributed by atoms with Gasteiger partial charge in [0.2, 0.25) is 5.91 Å². The summed E-state index contributed by atoms with van der Waals surface area (Å²) in [7, 11) is 1.40. The normalized spacial score (nSPS) is 16.7. The molecule has 3 aromatic rings. The number of carbonyl (C=O) groups is 3. The van der Waals surface area contributed by atoms with Gasteiger partial charge in [-0.2, -0.15) is 10.2 Å². The first kappa shape index (κ1) is 27.6. The molecule has 0 saturated carbocycles. The fourth-order valence-corrected chi connectivity index (χ4v) is 6.08. The molecule has 1 aromatic carbocycles. The minimum absolute atomic E-state index is 0.0462. The molecule has 11 heteroatoms. The van der Waals surface area contributed by atoms with Crippen LogP contribution >= 0.6 is 11.3 Å². The molecule has 1 N–H and O–H groups in total. The number of ketones is 2. The molecule has 1 amide bonds. The van der Waals surface area contributed by atoms with Crippen molar-refractivity contribution >= 4 is 33.8 Å². The van der Waals surface area contributed by atoms with E-state index in [1.54, 1.807) is 20.8 Å². The molecule has 1 aliphatic rings. The predicted molar refractivity (Wildman–Crippen MR) is 140 cm³/mol. The fourth-order valence-electron chi connectivity index (χ4n) is 4.83. The number of anilines is 1. The first-order valence-corrected chi connectivity index (χ1v) is 13.1. The van der Waals surface area contributed by atoms with Gasteiger partial charge in [-0.3, -0.25) is 19.3 Å². The van der Waals surface area contributed by atoms with Crippen LogP contribution in [-0.2, 0) is 9.59 Å². The molecule has 0 saturated heterocycles. The van der Waals surface area contributed by atoms with Gasteiger partial charge >= 0.3 is 0 Å². The van der Waals surface area contributed by atoms with Crippen molar-refractivity contribution in [2.24, 2.45) is 17.3 Å². The molecule has 0 fully saturated rings. The van der Waals surface area contributed by atoms with Crippen molar-refractivity contribution in [3.63, 3.8) is 0 Å². The lowest BCUT2D eigenvalue weighted by atomic mass is 9.68. The highest BCUT2D eigenvalue weighted by atomic mass is 32.1. The van der Waals surface area contributed by atoms with Crippen LogP contribution in [0.5, 0.6) is 5.75 Å². The number of halogens is 1. The molecule has 202 valence electrons. The zero-order valence-electron chi connectivity index (χ0n) is 22.2. The van der Waals surface area contributed by atoms with E-state index < -0.39 is 34.9 Å². The molecule has 38 heavy (non-hydrogen) atoms. The molecule has 2 atom stereocenters. The van der Waals surface area contributed by atoms with E-state index in [2.05, 4.69) is 10.2 Å².